The zero-order valence-electron chi connectivity index (χ0n) is 8.08. The number of hydrogen-bond donors (Lipinski definition) is 2. The molecule has 0 saturated heterocycles. The second-order valence-electron chi connectivity index (χ2n) is 3.19. The number of aryl methyl sites for hydroxylation is 1. The van der Waals surface area contributed by atoms with E-state index in [9.17, 15) is 0 Å². The van der Waals surface area contributed by atoms with Crippen LogP contribution in [0.3, 0.4) is 0 Å². The van der Waals surface area contributed by atoms with Crippen molar-refractivity contribution in [1.29, 1.82) is 0 Å². The van der Waals surface area contributed by atoms with Crippen LogP contribution < -0.4 is 5.48 Å². The molecule has 2 aromatic rings. The highest BCUT2D eigenvalue weighted by molar-refractivity contribution is 5.82. The Morgan fingerprint density at radius 3 is 2.86 bits per heavy atom. The van der Waals surface area contributed by atoms with E-state index in [0.717, 1.165) is 28.7 Å². The topological polar surface area (TPSA) is 45.4 Å². The Balaban J connectivity index is 2.61. The number of rotatable bonds is 3. The molecule has 0 aliphatic heterocycles. The van der Waals surface area contributed by atoms with Crippen molar-refractivity contribution in [1.82, 2.24) is 5.48 Å². The molecule has 14 heavy (non-hydrogen) atoms. The molecule has 1 aromatic heterocycles. The molecule has 0 atom stereocenters. The van der Waals surface area contributed by atoms with E-state index < -0.39 is 0 Å². The van der Waals surface area contributed by atoms with Gasteiger partial charge < -0.3 is 9.62 Å². The third kappa shape index (κ3) is 1.41. The van der Waals surface area contributed by atoms with Gasteiger partial charge in [-0.3, -0.25) is 0 Å². The van der Waals surface area contributed by atoms with Crippen molar-refractivity contribution in [3.8, 4) is 0 Å². The monoisotopic (exact) mass is 191 g/mol. The van der Waals surface area contributed by atoms with Crippen LogP contribution >= 0.6 is 0 Å². The fourth-order valence-electron chi connectivity index (χ4n) is 1.71. The van der Waals surface area contributed by atoms with E-state index in [1.807, 2.05) is 31.2 Å². The van der Waals surface area contributed by atoms with E-state index >= 15 is 0 Å². The molecule has 0 fully saturated rings. The standard InChI is InChI=1S/C11H13NO2/c1-2-10-9(7-12-13)8-5-3-4-6-11(8)14-10/h3-6,12-13H,2,7H2,1H3. The van der Waals surface area contributed by atoms with Gasteiger partial charge in [-0.25, -0.2) is 5.48 Å². The molecule has 74 valence electrons. The fraction of sp³-hybridized carbons (Fsp3) is 0.273. The van der Waals surface area contributed by atoms with Crippen LogP contribution in [-0.4, -0.2) is 5.21 Å². The summed E-state index contributed by atoms with van der Waals surface area (Å²) in [5, 5.41) is 9.80. The molecular formula is C11H13NO2. The van der Waals surface area contributed by atoms with Gasteiger partial charge in [-0.1, -0.05) is 25.1 Å². The van der Waals surface area contributed by atoms with Crippen LogP contribution in [0.5, 0.6) is 0 Å². The summed E-state index contributed by atoms with van der Waals surface area (Å²) in [4.78, 5) is 0. The molecule has 0 saturated carbocycles. The normalized spacial score (nSPS) is 11.0. The van der Waals surface area contributed by atoms with Crippen LogP contribution in [0, 0.1) is 0 Å². The third-order valence-electron chi connectivity index (χ3n) is 2.36. The predicted octanol–water partition coefficient (Wildman–Crippen LogP) is 2.47. The summed E-state index contributed by atoms with van der Waals surface area (Å²) in [5.41, 5.74) is 4.11. The Bertz CT molecular complexity index is 434. The van der Waals surface area contributed by atoms with E-state index in [-0.39, 0.29) is 0 Å². The van der Waals surface area contributed by atoms with Gasteiger partial charge >= 0.3 is 0 Å². The Kier molecular flexibility index (Phi) is 2.52. The minimum atomic E-state index is 0.431. The van der Waals surface area contributed by atoms with E-state index in [0.29, 0.717) is 6.54 Å². The fourth-order valence-corrected chi connectivity index (χ4v) is 1.71. The van der Waals surface area contributed by atoms with Crippen molar-refractivity contribution in [2.24, 2.45) is 0 Å². The van der Waals surface area contributed by atoms with Gasteiger partial charge in [-0.05, 0) is 6.07 Å². The van der Waals surface area contributed by atoms with Crippen LogP contribution in [-0.2, 0) is 13.0 Å². The summed E-state index contributed by atoms with van der Waals surface area (Å²) < 4.78 is 5.65. The largest absolute Gasteiger partial charge is 0.461 e. The highest BCUT2D eigenvalue weighted by Crippen LogP contribution is 2.25. The summed E-state index contributed by atoms with van der Waals surface area (Å²) in [7, 11) is 0. The van der Waals surface area contributed by atoms with Gasteiger partial charge in [-0.15, -0.1) is 0 Å². The average molecular weight is 191 g/mol. The smallest absolute Gasteiger partial charge is 0.134 e. The minimum absolute atomic E-state index is 0.431. The quantitative estimate of drug-likeness (QED) is 0.732. The zero-order valence-corrected chi connectivity index (χ0v) is 8.08. The lowest BCUT2D eigenvalue weighted by atomic mass is 10.1. The second-order valence-corrected chi connectivity index (χ2v) is 3.19. The Morgan fingerprint density at radius 1 is 1.36 bits per heavy atom. The number of hydroxylamine groups is 1. The van der Waals surface area contributed by atoms with Crippen LogP contribution in [0.4, 0.5) is 0 Å². The van der Waals surface area contributed by atoms with Gasteiger partial charge in [-0.2, -0.15) is 0 Å². The lowest BCUT2D eigenvalue weighted by Crippen LogP contribution is -2.07. The van der Waals surface area contributed by atoms with E-state index in [4.69, 9.17) is 9.62 Å². The summed E-state index contributed by atoms with van der Waals surface area (Å²) in [6.07, 6.45) is 0.839. The summed E-state index contributed by atoms with van der Waals surface area (Å²) in [6.45, 7) is 2.47. The highest BCUT2D eigenvalue weighted by Gasteiger charge is 2.10. The van der Waals surface area contributed by atoms with Crippen molar-refractivity contribution in [3.05, 3.63) is 35.6 Å². The molecule has 0 radical (unpaired) electrons. The van der Waals surface area contributed by atoms with Gasteiger partial charge in [0.05, 0.1) is 0 Å². The molecule has 3 nitrogen and oxygen atoms in total. The van der Waals surface area contributed by atoms with Gasteiger partial charge in [0.15, 0.2) is 0 Å². The maximum Gasteiger partial charge on any atom is 0.134 e. The third-order valence-corrected chi connectivity index (χ3v) is 2.36. The van der Waals surface area contributed by atoms with Gasteiger partial charge in [0.2, 0.25) is 0 Å². The van der Waals surface area contributed by atoms with Crippen LogP contribution in [0.2, 0.25) is 0 Å². The zero-order chi connectivity index (χ0) is 9.97. The van der Waals surface area contributed by atoms with E-state index in [1.165, 1.54) is 0 Å². The van der Waals surface area contributed by atoms with Crippen LogP contribution in [0.15, 0.2) is 28.7 Å². The molecule has 2 rings (SSSR count). The van der Waals surface area contributed by atoms with Crippen molar-refractivity contribution in [2.75, 3.05) is 0 Å². The summed E-state index contributed by atoms with van der Waals surface area (Å²) >= 11 is 0. The minimum Gasteiger partial charge on any atom is -0.461 e. The predicted molar refractivity (Wildman–Crippen MR) is 54.2 cm³/mol. The maximum atomic E-state index is 8.73. The molecule has 0 amide bonds. The van der Waals surface area contributed by atoms with Crippen molar-refractivity contribution in [2.45, 2.75) is 19.9 Å². The summed E-state index contributed by atoms with van der Waals surface area (Å²) in [5.74, 6) is 0.938. The Labute approximate surface area is 82.3 Å². The number of para-hydroxylation sites is 1. The lowest BCUT2D eigenvalue weighted by molar-refractivity contribution is 0.161. The lowest BCUT2D eigenvalue weighted by Gasteiger charge is -1.97. The first-order valence-corrected chi connectivity index (χ1v) is 4.73. The first-order chi connectivity index (χ1) is 6.86. The van der Waals surface area contributed by atoms with Gasteiger partial charge in [0.25, 0.3) is 0 Å². The molecule has 0 aliphatic carbocycles. The molecule has 2 N–H and O–H groups in total. The molecule has 3 heteroatoms. The number of nitrogens with one attached hydrogen (secondary N) is 1. The molecule has 1 heterocycles. The van der Waals surface area contributed by atoms with Crippen LogP contribution in [0.25, 0.3) is 11.0 Å². The number of hydrogen-bond acceptors (Lipinski definition) is 3. The summed E-state index contributed by atoms with van der Waals surface area (Å²) in [6, 6.07) is 7.86. The molecule has 0 unspecified atom stereocenters. The Hall–Kier alpha value is -1.32. The number of benzene rings is 1. The van der Waals surface area contributed by atoms with Crippen molar-refractivity contribution in [3.63, 3.8) is 0 Å². The van der Waals surface area contributed by atoms with Crippen LogP contribution in [0.1, 0.15) is 18.2 Å². The second kappa shape index (κ2) is 3.82. The number of furan rings is 1. The van der Waals surface area contributed by atoms with E-state index in [1.54, 1.807) is 0 Å². The molecular weight excluding hydrogens is 178 g/mol. The Morgan fingerprint density at radius 2 is 2.14 bits per heavy atom. The molecule has 0 spiro atoms. The molecule has 0 bridgehead atoms. The van der Waals surface area contributed by atoms with Crippen molar-refractivity contribution >= 4 is 11.0 Å². The molecule has 0 aliphatic rings. The first-order valence-electron chi connectivity index (χ1n) is 4.73. The average Bonchev–Trinajstić information content (AvgIpc) is 2.58. The number of fused-ring (bicyclic) bond motifs is 1. The van der Waals surface area contributed by atoms with Crippen molar-refractivity contribution < 1.29 is 9.62 Å². The van der Waals surface area contributed by atoms with E-state index in [2.05, 4.69) is 5.48 Å². The first kappa shape index (κ1) is 9.24. The van der Waals surface area contributed by atoms with Gasteiger partial charge in [0, 0.05) is 23.9 Å². The SMILES string of the molecule is CCc1oc2ccccc2c1CNO. The molecule has 1 aromatic carbocycles. The van der Waals surface area contributed by atoms with Gasteiger partial charge in [0.1, 0.15) is 11.3 Å². The maximum absolute atomic E-state index is 8.73. The highest BCUT2D eigenvalue weighted by atomic mass is 16.5.